The molecule has 0 bridgehead atoms. The zero-order chi connectivity index (χ0) is 14.1. The minimum absolute atomic E-state index is 0.115. The molecule has 2 aliphatic rings. The Morgan fingerprint density at radius 2 is 2.30 bits per heavy atom. The van der Waals surface area contributed by atoms with E-state index in [1.54, 1.807) is 6.07 Å². The summed E-state index contributed by atoms with van der Waals surface area (Å²) in [7, 11) is 0. The summed E-state index contributed by atoms with van der Waals surface area (Å²) in [5, 5.41) is 3.41. The number of fused-ring (bicyclic) bond motifs is 1. The van der Waals surface area contributed by atoms with Crippen molar-refractivity contribution in [2.75, 3.05) is 18.8 Å². The number of rotatable bonds is 2. The predicted octanol–water partition coefficient (Wildman–Crippen LogP) is 1.67. The molecule has 3 rings (SSSR count). The number of piperidine rings is 1. The zero-order valence-corrected chi connectivity index (χ0v) is 12.1. The molecule has 0 spiro atoms. The molecule has 2 saturated heterocycles. The van der Waals surface area contributed by atoms with E-state index in [1.165, 1.54) is 25.6 Å². The highest BCUT2D eigenvalue weighted by molar-refractivity contribution is 6.33. The van der Waals surface area contributed by atoms with Crippen LogP contribution in [0.4, 0.5) is 5.82 Å². The van der Waals surface area contributed by atoms with E-state index >= 15 is 0 Å². The van der Waals surface area contributed by atoms with Crippen LogP contribution in [0.15, 0.2) is 12.3 Å². The number of hydrogen-bond donors (Lipinski definition) is 2. The number of nitrogens with one attached hydrogen (secondary N) is 1. The normalized spacial score (nSPS) is 26.2. The Bertz CT molecular complexity index is 522. The van der Waals surface area contributed by atoms with Crippen LogP contribution >= 0.6 is 11.6 Å². The summed E-state index contributed by atoms with van der Waals surface area (Å²) in [6.07, 6.45) is 6.06. The number of nitrogen functional groups attached to an aromatic ring is 1. The van der Waals surface area contributed by atoms with E-state index in [-0.39, 0.29) is 17.8 Å². The predicted molar refractivity (Wildman–Crippen MR) is 78.7 cm³/mol. The van der Waals surface area contributed by atoms with Crippen molar-refractivity contribution in [1.82, 2.24) is 15.2 Å². The van der Waals surface area contributed by atoms with Gasteiger partial charge in [-0.05, 0) is 38.3 Å². The van der Waals surface area contributed by atoms with Crippen LogP contribution in [0, 0.1) is 0 Å². The van der Waals surface area contributed by atoms with Crippen molar-refractivity contribution in [2.45, 2.75) is 37.8 Å². The van der Waals surface area contributed by atoms with Crippen LogP contribution in [0.3, 0.4) is 0 Å². The van der Waals surface area contributed by atoms with Gasteiger partial charge in [-0.3, -0.25) is 4.79 Å². The quantitative estimate of drug-likeness (QED) is 0.870. The van der Waals surface area contributed by atoms with Gasteiger partial charge in [0.25, 0.3) is 5.91 Å². The Labute approximate surface area is 123 Å². The Balaban J connectivity index is 1.62. The molecule has 20 heavy (non-hydrogen) atoms. The number of nitrogens with zero attached hydrogens (tertiary/aromatic N) is 2. The minimum atomic E-state index is -0.115. The summed E-state index contributed by atoms with van der Waals surface area (Å²) in [6.45, 7) is 2.29. The van der Waals surface area contributed by atoms with Gasteiger partial charge < -0.3 is 16.0 Å². The maximum atomic E-state index is 12.2. The summed E-state index contributed by atoms with van der Waals surface area (Å²) in [5.41, 5.74) is 6.02. The Morgan fingerprint density at radius 1 is 1.45 bits per heavy atom. The lowest BCUT2D eigenvalue weighted by Crippen LogP contribution is -2.47. The molecule has 5 nitrogen and oxygen atoms in total. The third kappa shape index (κ3) is 2.74. The molecule has 1 aromatic rings. The molecule has 0 saturated carbocycles. The fourth-order valence-corrected chi connectivity index (χ4v) is 3.36. The van der Waals surface area contributed by atoms with Crippen molar-refractivity contribution in [2.24, 2.45) is 0 Å². The highest BCUT2D eigenvalue weighted by Crippen LogP contribution is 2.27. The second-order valence-corrected chi connectivity index (χ2v) is 6.03. The molecule has 6 heteroatoms. The van der Waals surface area contributed by atoms with Gasteiger partial charge in [-0.1, -0.05) is 11.6 Å². The van der Waals surface area contributed by atoms with Crippen molar-refractivity contribution in [3.63, 3.8) is 0 Å². The van der Waals surface area contributed by atoms with Crippen LogP contribution in [0.25, 0.3) is 0 Å². The number of pyridine rings is 1. The van der Waals surface area contributed by atoms with Crippen LogP contribution in [-0.4, -0.2) is 41.0 Å². The van der Waals surface area contributed by atoms with Gasteiger partial charge in [-0.2, -0.15) is 0 Å². The van der Waals surface area contributed by atoms with E-state index in [1.807, 2.05) is 0 Å². The van der Waals surface area contributed by atoms with Crippen molar-refractivity contribution >= 4 is 23.3 Å². The molecule has 0 aliphatic carbocycles. The topological polar surface area (TPSA) is 71.2 Å². The highest BCUT2D eigenvalue weighted by atomic mass is 35.5. The number of anilines is 1. The first-order valence-electron chi connectivity index (χ1n) is 7.09. The zero-order valence-electron chi connectivity index (χ0n) is 11.3. The first kappa shape index (κ1) is 13.6. The van der Waals surface area contributed by atoms with E-state index in [0.29, 0.717) is 16.6 Å². The Morgan fingerprint density at radius 3 is 3.10 bits per heavy atom. The Kier molecular flexibility index (Phi) is 3.81. The van der Waals surface area contributed by atoms with Crippen LogP contribution in [0.1, 0.15) is 36.0 Å². The second kappa shape index (κ2) is 5.58. The Hall–Kier alpha value is -1.33. The number of aromatic nitrogens is 1. The maximum Gasteiger partial charge on any atom is 0.253 e. The molecule has 2 aliphatic heterocycles. The summed E-state index contributed by atoms with van der Waals surface area (Å²) in [6, 6.07) is 2.46. The van der Waals surface area contributed by atoms with Gasteiger partial charge in [0.1, 0.15) is 5.82 Å². The first-order chi connectivity index (χ1) is 9.63. The van der Waals surface area contributed by atoms with Crippen molar-refractivity contribution in [1.29, 1.82) is 0 Å². The van der Waals surface area contributed by atoms with Gasteiger partial charge in [0.15, 0.2) is 0 Å². The molecule has 3 N–H and O–H groups in total. The summed E-state index contributed by atoms with van der Waals surface area (Å²) in [4.78, 5) is 18.7. The number of halogens is 1. The molecular weight excluding hydrogens is 276 g/mol. The molecule has 3 heterocycles. The average Bonchev–Trinajstić information content (AvgIpc) is 2.89. The number of amides is 1. The van der Waals surface area contributed by atoms with Crippen molar-refractivity contribution in [3.05, 3.63) is 22.8 Å². The molecule has 2 atom stereocenters. The SMILES string of the molecule is Nc1ncc(C(=O)NC2CCN3CCCC3C2)cc1Cl. The van der Waals surface area contributed by atoms with Crippen LogP contribution in [0.2, 0.25) is 5.02 Å². The molecule has 108 valence electrons. The second-order valence-electron chi connectivity index (χ2n) is 5.62. The fraction of sp³-hybridized carbons (Fsp3) is 0.571. The van der Waals surface area contributed by atoms with E-state index < -0.39 is 0 Å². The summed E-state index contributed by atoms with van der Waals surface area (Å²) in [5.74, 6) is 0.137. The third-order valence-electron chi connectivity index (χ3n) is 4.29. The molecule has 2 unspecified atom stereocenters. The first-order valence-corrected chi connectivity index (χ1v) is 7.47. The average molecular weight is 295 g/mol. The largest absolute Gasteiger partial charge is 0.382 e. The molecular formula is C14H19ClN4O. The maximum absolute atomic E-state index is 12.2. The van der Waals surface area contributed by atoms with E-state index in [9.17, 15) is 4.79 Å². The van der Waals surface area contributed by atoms with Crippen molar-refractivity contribution in [3.8, 4) is 0 Å². The molecule has 0 radical (unpaired) electrons. The molecule has 2 fully saturated rings. The number of carbonyl (C=O) groups excluding carboxylic acids is 1. The third-order valence-corrected chi connectivity index (χ3v) is 4.59. The molecule has 0 aromatic carbocycles. The molecule has 1 amide bonds. The minimum Gasteiger partial charge on any atom is -0.382 e. The van der Waals surface area contributed by atoms with Crippen LogP contribution in [0.5, 0.6) is 0 Å². The van der Waals surface area contributed by atoms with Gasteiger partial charge in [-0.25, -0.2) is 4.98 Å². The smallest absolute Gasteiger partial charge is 0.253 e. The van der Waals surface area contributed by atoms with Crippen LogP contribution < -0.4 is 11.1 Å². The van der Waals surface area contributed by atoms with E-state index in [0.717, 1.165) is 19.4 Å². The van der Waals surface area contributed by atoms with Gasteiger partial charge in [0.05, 0.1) is 10.6 Å². The lowest BCUT2D eigenvalue weighted by atomic mass is 9.97. The van der Waals surface area contributed by atoms with Gasteiger partial charge in [0, 0.05) is 24.8 Å². The van der Waals surface area contributed by atoms with E-state index in [4.69, 9.17) is 17.3 Å². The number of nitrogens with two attached hydrogens (primary N) is 1. The van der Waals surface area contributed by atoms with Crippen LogP contribution in [-0.2, 0) is 0 Å². The lowest BCUT2D eigenvalue weighted by molar-refractivity contribution is 0.0896. The number of carbonyl (C=O) groups is 1. The monoisotopic (exact) mass is 294 g/mol. The van der Waals surface area contributed by atoms with Gasteiger partial charge in [0.2, 0.25) is 0 Å². The number of hydrogen-bond acceptors (Lipinski definition) is 4. The molecule has 1 aromatic heterocycles. The van der Waals surface area contributed by atoms with Crippen molar-refractivity contribution < 1.29 is 4.79 Å². The summed E-state index contributed by atoms with van der Waals surface area (Å²) < 4.78 is 0. The standard InChI is InChI=1S/C14H19ClN4O/c15-12-6-9(8-17-13(12)16)14(20)18-10-3-5-19-4-1-2-11(19)7-10/h6,8,10-11H,1-5,7H2,(H2,16,17)(H,18,20). The summed E-state index contributed by atoms with van der Waals surface area (Å²) >= 11 is 5.90. The van der Waals surface area contributed by atoms with Gasteiger partial charge >= 0.3 is 0 Å². The highest BCUT2D eigenvalue weighted by Gasteiger charge is 2.32. The van der Waals surface area contributed by atoms with Gasteiger partial charge in [-0.15, -0.1) is 0 Å². The lowest BCUT2D eigenvalue weighted by Gasteiger charge is -2.35. The fourth-order valence-electron chi connectivity index (χ4n) is 3.20. The van der Waals surface area contributed by atoms with E-state index in [2.05, 4.69) is 15.2 Å².